The first-order valence-corrected chi connectivity index (χ1v) is 48.6. The number of hydrogen-bond donors (Lipinski definition) is 10. The van der Waals surface area contributed by atoms with E-state index in [9.17, 15) is 18.8 Å². The zero-order valence-corrected chi connectivity index (χ0v) is 81.7. The van der Waals surface area contributed by atoms with E-state index >= 15 is 0 Å². The summed E-state index contributed by atoms with van der Waals surface area (Å²) >= 11 is 9.37. The number of para-hydroxylation sites is 5. The molecule has 0 aliphatic carbocycles. The zero-order chi connectivity index (χ0) is 95.8. The number of halogens is 2. The molecule has 12 aromatic carbocycles. The Morgan fingerprint density at radius 2 is 0.797 bits per heavy atom. The number of hydrogen-bond acceptors (Lipinski definition) is 9. The summed E-state index contributed by atoms with van der Waals surface area (Å²) in [6, 6.07) is 94.7. The first kappa shape index (κ1) is 93.8. The van der Waals surface area contributed by atoms with Crippen LogP contribution in [0, 0.1) is 12.7 Å². The third kappa shape index (κ3) is 19.8. The lowest BCUT2D eigenvalue weighted by Gasteiger charge is -2.38. The number of methoxy groups -OCH3 is 4. The van der Waals surface area contributed by atoms with Crippen LogP contribution in [0.2, 0.25) is 0 Å². The molecule has 0 fully saturated rings. The van der Waals surface area contributed by atoms with Crippen molar-refractivity contribution in [3.63, 3.8) is 0 Å². The maximum Gasteiger partial charge on any atom is 0.322 e. The van der Waals surface area contributed by atoms with Gasteiger partial charge in [-0.25, -0.2) is 18.8 Å². The number of aromatic nitrogens is 5. The molecule has 10 heterocycles. The van der Waals surface area contributed by atoms with Crippen LogP contribution in [-0.2, 0) is 32.1 Å². The van der Waals surface area contributed by atoms with Crippen molar-refractivity contribution in [2.75, 3.05) is 78.3 Å². The molecule has 704 valence electrons. The van der Waals surface area contributed by atoms with Gasteiger partial charge in [-0.1, -0.05) is 200 Å². The lowest BCUT2D eigenvalue weighted by Crippen LogP contribution is -2.47. The van der Waals surface area contributed by atoms with Gasteiger partial charge in [-0.15, -0.1) is 0 Å². The Hall–Kier alpha value is -14.6. The minimum absolute atomic E-state index is 0.0300. The highest BCUT2D eigenvalue weighted by Crippen LogP contribution is 2.46. The van der Waals surface area contributed by atoms with Gasteiger partial charge in [0.25, 0.3) is 0 Å². The summed E-state index contributed by atoms with van der Waals surface area (Å²) in [4.78, 5) is 65.1. The number of urea groups is 3. The molecule has 17 aromatic rings. The molecule has 24 heteroatoms. The summed E-state index contributed by atoms with van der Waals surface area (Å²) in [6.45, 7) is 16.8. The van der Waals surface area contributed by atoms with Gasteiger partial charge in [0.05, 0.1) is 58.6 Å². The summed E-state index contributed by atoms with van der Waals surface area (Å²) in [5.41, 5.74) is 27.8. The molecule has 5 atom stereocenters. The third-order valence-corrected chi connectivity index (χ3v) is 27.8. The lowest BCUT2D eigenvalue weighted by atomic mass is 9.92. The number of nitrogens with zero attached hydrogens (tertiary/aromatic N) is 4. The number of nitrogens with one attached hydrogen (secondary N) is 10. The van der Waals surface area contributed by atoms with Crippen molar-refractivity contribution in [1.82, 2.24) is 60.5 Å². The molecule has 0 bridgehead atoms. The van der Waals surface area contributed by atoms with E-state index in [1.54, 1.807) is 34.5 Å². The molecule has 5 aliphatic heterocycles. The van der Waals surface area contributed by atoms with Gasteiger partial charge in [0.1, 0.15) is 28.8 Å². The number of aromatic amines is 5. The Morgan fingerprint density at radius 3 is 1.21 bits per heavy atom. The Balaban J connectivity index is 0.000000115. The van der Waals surface area contributed by atoms with Crippen LogP contribution in [0.1, 0.15) is 166 Å². The van der Waals surface area contributed by atoms with Crippen LogP contribution in [0.4, 0.5) is 30.1 Å². The SMILES string of the molecule is CCNC(=O)N1CCc2c([nH]c3ccccc23)C1c1ccc(OC)cc1.COc1ccc(C2c3[nH]c4ccccc4c3CCN2C(=O)NC(C)C)cc1.COc1ccc(C2c3[nH]c4ccccc4c3CCN2C(=O)Nc2ccc(C(C)C)cc2)cc1.COc1ccc(C2c3[nH]c4ccccc4c3CCN2C(=S)Nc2cccc(F)c2)cc1.Cc1cccc2c3c([nH]c12)C(c1cccc(Br)c1)NCC3. The van der Waals surface area contributed by atoms with Gasteiger partial charge < -0.3 is 90.1 Å². The van der Waals surface area contributed by atoms with Gasteiger partial charge in [0, 0.05) is 144 Å². The molecular weight excluding hydrogens is 1810 g/mol. The second-order valence-electron chi connectivity index (χ2n) is 36.0. The third-order valence-electron chi connectivity index (χ3n) is 26.9. The van der Waals surface area contributed by atoms with Crippen LogP contribution in [0.5, 0.6) is 23.0 Å². The molecule has 22 rings (SSSR count). The predicted octanol–water partition coefficient (Wildman–Crippen LogP) is 24.7. The van der Waals surface area contributed by atoms with Crippen molar-refractivity contribution in [3.05, 3.63) is 391 Å². The Morgan fingerprint density at radius 1 is 0.406 bits per heavy atom. The number of benzene rings is 12. The van der Waals surface area contributed by atoms with Gasteiger partial charge >= 0.3 is 18.1 Å². The van der Waals surface area contributed by atoms with Gasteiger partial charge in [-0.05, 0) is 260 Å². The minimum atomic E-state index is -0.295. The largest absolute Gasteiger partial charge is 0.497 e. The number of aryl methyl sites for hydroxylation is 1. The summed E-state index contributed by atoms with van der Waals surface area (Å²) in [7, 11) is 6.64. The molecule has 5 aliphatic rings. The maximum atomic E-state index is 13.7. The van der Waals surface area contributed by atoms with Crippen molar-refractivity contribution >= 4 is 117 Å². The molecule has 10 N–H and O–H groups in total. The highest BCUT2D eigenvalue weighted by molar-refractivity contribution is 9.10. The number of fused-ring (bicyclic) bond motifs is 15. The van der Waals surface area contributed by atoms with E-state index in [1.165, 1.54) is 94.8 Å². The fraction of sp³-hybridized carbons (Fsp3) is 0.246. The normalized spacial score (nSPS) is 16.2. The van der Waals surface area contributed by atoms with Crippen LogP contribution in [-0.4, -0.2) is 141 Å². The number of anilines is 2. The second kappa shape index (κ2) is 41.9. The maximum absolute atomic E-state index is 13.7. The summed E-state index contributed by atoms with van der Waals surface area (Å²) in [5, 5.41) is 22.9. The summed E-state index contributed by atoms with van der Waals surface area (Å²) in [5.74, 6) is 3.39. The number of thiocarbonyl (C=S) groups is 1. The highest BCUT2D eigenvalue weighted by atomic mass is 79.9. The Kier molecular flexibility index (Phi) is 28.5. The number of amides is 6. The van der Waals surface area contributed by atoms with Crippen LogP contribution in [0.15, 0.2) is 290 Å². The molecule has 0 saturated carbocycles. The summed E-state index contributed by atoms with van der Waals surface area (Å²) in [6.07, 6.45) is 4.46. The van der Waals surface area contributed by atoms with Crippen molar-refractivity contribution in [2.45, 2.75) is 116 Å². The Bertz CT molecular complexity index is 7210. The Labute approximate surface area is 817 Å². The van der Waals surface area contributed by atoms with Gasteiger partial charge in [-0.3, -0.25) is 0 Å². The van der Waals surface area contributed by atoms with Crippen molar-refractivity contribution < 1.29 is 37.7 Å². The number of carbonyl (C=O) groups excluding carboxylic acids is 3. The average Bonchev–Trinajstić information content (AvgIpc) is 1.66. The molecule has 5 unspecified atom stereocenters. The molecule has 0 saturated heterocycles. The first-order chi connectivity index (χ1) is 67.2. The second-order valence-corrected chi connectivity index (χ2v) is 37.3. The number of carbonyl (C=O) groups is 3. The molecule has 138 heavy (non-hydrogen) atoms. The van der Waals surface area contributed by atoms with Gasteiger partial charge in [0.2, 0.25) is 0 Å². The zero-order valence-electron chi connectivity index (χ0n) is 79.3. The van der Waals surface area contributed by atoms with Crippen LogP contribution in [0.25, 0.3) is 54.5 Å². The van der Waals surface area contributed by atoms with Gasteiger partial charge in [0.15, 0.2) is 5.11 Å². The topological polar surface area (TPSA) is 240 Å². The van der Waals surface area contributed by atoms with E-state index in [2.05, 4.69) is 233 Å². The van der Waals surface area contributed by atoms with E-state index in [-0.39, 0.29) is 60.2 Å². The van der Waals surface area contributed by atoms with E-state index in [0.717, 1.165) is 145 Å². The molecule has 0 spiro atoms. The number of H-pyrrole nitrogens is 5. The number of ether oxygens (including phenoxy) is 4. The summed E-state index contributed by atoms with van der Waals surface area (Å²) < 4.78 is 36.1. The molecule has 6 amide bonds. The molecular formula is C114H116BrFN14O7S. The van der Waals surface area contributed by atoms with E-state index in [1.807, 2.05) is 163 Å². The van der Waals surface area contributed by atoms with E-state index in [4.69, 9.17) is 31.2 Å². The van der Waals surface area contributed by atoms with Crippen molar-refractivity contribution in [1.29, 1.82) is 0 Å². The lowest BCUT2D eigenvalue weighted by molar-refractivity contribution is 0.176. The average molecular weight is 1930 g/mol. The minimum Gasteiger partial charge on any atom is -0.497 e. The fourth-order valence-electron chi connectivity index (χ4n) is 20.2. The molecule has 21 nitrogen and oxygen atoms in total. The predicted molar refractivity (Wildman–Crippen MR) is 560 cm³/mol. The smallest absolute Gasteiger partial charge is 0.322 e. The standard InChI is InChI=1S/C28H29N3O2.C25H22FN3OS.C22H25N3O2.C21H23N3O2.C18H17BrN2/c1-18(2)19-8-12-21(13-9-19)29-28(32)31-17-16-24-23-6-4-5-7-25(23)30-26(24)27(31)20-10-14-22(33-3)15-11-20;1-30-19-11-9-16(10-12-19)24-23-21(20-7-2-3-8-22(20)28-23)13-14-29(24)25(31)27-18-6-4-5-17(26)15-18;1-14(2)23-22(26)25-13-12-18-17-6-4-5-7-19(17)24-20(18)21(25)15-8-10-16(27-3)11-9-15;1-3-22-21(25)24-13-12-17-16-6-4-5-7-18(16)23-19(17)20(24)14-8-10-15(26-2)11-9-14;1-11-4-2-7-14-15-8-9-20-17(18(15)21-16(11)14)12-5-3-6-13(19)10-12/h4-15,18,27,30H,16-17H2,1-3H3,(H,29,32);2-12,15,24,28H,13-14H2,1H3,(H,27,31);4-11,14,21,24H,12-13H2,1-3H3,(H,23,26);4-11,20,23H,3,12-13H2,1-2H3,(H,22,25);2-7,10,17,20-21H,8-9H2,1H3. The highest BCUT2D eigenvalue weighted by Gasteiger charge is 2.40. The van der Waals surface area contributed by atoms with E-state index in [0.29, 0.717) is 42.9 Å². The van der Waals surface area contributed by atoms with E-state index < -0.39 is 0 Å². The molecule has 5 aromatic heterocycles. The monoisotopic (exact) mass is 1920 g/mol. The quantitative estimate of drug-likeness (QED) is 0.0459. The van der Waals surface area contributed by atoms with Crippen molar-refractivity contribution in [2.24, 2.45) is 0 Å². The fourth-order valence-corrected chi connectivity index (χ4v) is 21.0. The van der Waals surface area contributed by atoms with Crippen LogP contribution >= 0.6 is 28.1 Å². The van der Waals surface area contributed by atoms with Crippen LogP contribution < -0.4 is 45.5 Å². The molecule has 0 radical (unpaired) electrons. The van der Waals surface area contributed by atoms with Crippen molar-refractivity contribution in [3.8, 4) is 23.0 Å². The number of rotatable bonds is 14. The van der Waals surface area contributed by atoms with Gasteiger partial charge in [-0.2, -0.15) is 0 Å². The van der Waals surface area contributed by atoms with Crippen LogP contribution in [0.3, 0.4) is 0 Å². The first-order valence-electron chi connectivity index (χ1n) is 47.4.